The highest BCUT2D eigenvalue weighted by molar-refractivity contribution is 7.80. The van der Waals surface area contributed by atoms with Crippen LogP contribution in [0.5, 0.6) is 0 Å². The van der Waals surface area contributed by atoms with Crippen LogP contribution in [0.4, 0.5) is 23.2 Å². The summed E-state index contributed by atoms with van der Waals surface area (Å²) in [6, 6.07) is 18.2. The Kier molecular flexibility index (Phi) is 5.80. The molecule has 0 unspecified atom stereocenters. The second-order valence-corrected chi connectivity index (χ2v) is 8.67. The highest BCUT2D eigenvalue weighted by atomic mass is 32.1. The van der Waals surface area contributed by atoms with Crippen molar-refractivity contribution in [2.75, 3.05) is 4.90 Å². The summed E-state index contributed by atoms with van der Waals surface area (Å²) in [5.41, 5.74) is 2.18. The monoisotopic (exact) mass is 496 g/mol. The summed E-state index contributed by atoms with van der Waals surface area (Å²) in [5.74, 6) is -0.336. The summed E-state index contributed by atoms with van der Waals surface area (Å²) in [4.78, 5) is 6.36. The van der Waals surface area contributed by atoms with Crippen LogP contribution >= 0.6 is 12.2 Å². The predicted molar refractivity (Wildman–Crippen MR) is 130 cm³/mol. The van der Waals surface area contributed by atoms with Crippen LogP contribution in [0.2, 0.25) is 0 Å². The molecule has 1 aliphatic heterocycles. The molecule has 2 aromatic heterocycles. The Labute approximate surface area is 204 Å². The number of halogens is 4. The van der Waals surface area contributed by atoms with E-state index in [1.807, 2.05) is 23.1 Å². The molecule has 2 aromatic carbocycles. The van der Waals surface area contributed by atoms with Gasteiger partial charge in [-0.3, -0.25) is 4.98 Å². The summed E-state index contributed by atoms with van der Waals surface area (Å²) in [7, 11) is 0. The lowest BCUT2D eigenvalue weighted by molar-refractivity contribution is -0.137. The van der Waals surface area contributed by atoms with E-state index in [1.165, 1.54) is 12.1 Å². The fourth-order valence-corrected chi connectivity index (χ4v) is 4.76. The van der Waals surface area contributed by atoms with Gasteiger partial charge in [-0.25, -0.2) is 4.39 Å². The summed E-state index contributed by atoms with van der Waals surface area (Å²) >= 11 is 5.69. The van der Waals surface area contributed by atoms with Crippen molar-refractivity contribution < 1.29 is 17.6 Å². The number of anilines is 1. The van der Waals surface area contributed by atoms with Crippen LogP contribution in [0.25, 0.3) is 5.69 Å². The van der Waals surface area contributed by atoms with Crippen molar-refractivity contribution in [1.29, 1.82) is 0 Å². The Balaban J connectivity index is 1.67. The molecule has 0 amide bonds. The molecule has 0 bridgehead atoms. The van der Waals surface area contributed by atoms with Gasteiger partial charge in [0, 0.05) is 29.5 Å². The molecule has 178 valence electrons. The number of benzene rings is 2. The minimum Gasteiger partial charge on any atom is -0.351 e. The van der Waals surface area contributed by atoms with Crippen molar-refractivity contribution in [3.05, 3.63) is 114 Å². The molecule has 1 N–H and O–H groups in total. The van der Waals surface area contributed by atoms with Crippen molar-refractivity contribution in [1.82, 2.24) is 14.9 Å². The van der Waals surface area contributed by atoms with Gasteiger partial charge in [-0.1, -0.05) is 12.1 Å². The zero-order valence-corrected chi connectivity index (χ0v) is 19.3. The lowest BCUT2D eigenvalue weighted by Gasteiger charge is -2.29. The summed E-state index contributed by atoms with van der Waals surface area (Å²) < 4.78 is 56.0. The highest BCUT2D eigenvalue weighted by Gasteiger charge is 2.42. The number of aromatic nitrogens is 2. The molecule has 9 heteroatoms. The van der Waals surface area contributed by atoms with E-state index in [2.05, 4.69) is 10.3 Å². The van der Waals surface area contributed by atoms with Gasteiger partial charge in [0.15, 0.2) is 5.11 Å². The van der Waals surface area contributed by atoms with E-state index in [9.17, 15) is 17.6 Å². The Morgan fingerprint density at radius 1 is 0.943 bits per heavy atom. The number of aryl methyl sites for hydroxylation is 1. The Bertz CT molecular complexity index is 1380. The van der Waals surface area contributed by atoms with Crippen molar-refractivity contribution in [3.63, 3.8) is 0 Å². The quantitative estimate of drug-likeness (QED) is 0.258. The standard InChI is InChI=1S/C26H20F4N4S/c1-16-14-19(10-11-20(16)27)34-24(23(32-25(34)35)21-8-2-3-12-31-21)22-9-5-13-33(22)18-7-4-6-17(15-18)26(28,29)30/h2-15,23-24H,1H3,(H,32,35)/t23-,24-/m0/s1. The fourth-order valence-electron chi connectivity index (χ4n) is 4.41. The number of rotatable bonds is 4. The number of hydrogen-bond acceptors (Lipinski definition) is 2. The number of alkyl halides is 3. The van der Waals surface area contributed by atoms with Gasteiger partial charge in [0.05, 0.1) is 17.3 Å². The summed E-state index contributed by atoms with van der Waals surface area (Å²) in [6.07, 6.45) is -1.07. The number of nitrogens with zero attached hydrogens (tertiary/aromatic N) is 3. The molecule has 0 saturated carbocycles. The normalized spacial score (nSPS) is 18.1. The molecule has 35 heavy (non-hydrogen) atoms. The SMILES string of the molecule is Cc1cc(N2C(=S)N[C@@H](c3ccccn3)[C@@H]2c2cccn2-c2cccc(C(F)(F)F)c2)ccc1F. The van der Waals surface area contributed by atoms with E-state index in [4.69, 9.17) is 12.2 Å². The van der Waals surface area contributed by atoms with Crippen LogP contribution in [0.3, 0.4) is 0 Å². The van der Waals surface area contributed by atoms with Crippen LogP contribution in [-0.2, 0) is 6.18 Å². The lowest BCUT2D eigenvalue weighted by Crippen LogP contribution is -2.30. The van der Waals surface area contributed by atoms with E-state index in [-0.39, 0.29) is 5.82 Å². The molecule has 0 aliphatic carbocycles. The molecular formula is C26H20F4N4S. The van der Waals surface area contributed by atoms with Gasteiger partial charge in [-0.2, -0.15) is 13.2 Å². The van der Waals surface area contributed by atoms with E-state index in [0.29, 0.717) is 27.7 Å². The molecule has 4 nitrogen and oxygen atoms in total. The minimum atomic E-state index is -4.46. The van der Waals surface area contributed by atoms with E-state index in [1.54, 1.807) is 54.2 Å². The third kappa shape index (κ3) is 4.27. The average Bonchev–Trinajstić information content (AvgIpc) is 3.45. The summed E-state index contributed by atoms with van der Waals surface area (Å²) in [6.45, 7) is 1.67. The lowest BCUT2D eigenvalue weighted by atomic mass is 10.0. The van der Waals surface area contributed by atoms with Gasteiger partial charge in [-0.15, -0.1) is 0 Å². The maximum absolute atomic E-state index is 14.0. The summed E-state index contributed by atoms with van der Waals surface area (Å²) in [5, 5.41) is 3.72. The molecule has 5 rings (SSSR count). The van der Waals surface area contributed by atoms with Gasteiger partial charge in [0.2, 0.25) is 0 Å². The van der Waals surface area contributed by atoms with Gasteiger partial charge in [0.25, 0.3) is 0 Å². The van der Waals surface area contributed by atoms with Crippen molar-refractivity contribution in [3.8, 4) is 5.69 Å². The number of nitrogens with one attached hydrogen (secondary N) is 1. The van der Waals surface area contributed by atoms with Gasteiger partial charge in [0.1, 0.15) is 11.9 Å². The first kappa shape index (κ1) is 23.0. The van der Waals surface area contributed by atoms with Crippen molar-refractivity contribution in [2.45, 2.75) is 25.2 Å². The molecule has 0 radical (unpaired) electrons. The highest BCUT2D eigenvalue weighted by Crippen LogP contribution is 2.42. The molecule has 1 saturated heterocycles. The Morgan fingerprint density at radius 2 is 1.77 bits per heavy atom. The third-order valence-corrected chi connectivity index (χ3v) is 6.37. The molecule has 0 spiro atoms. The molecule has 2 atom stereocenters. The molecule has 3 heterocycles. The topological polar surface area (TPSA) is 33.1 Å². The molecule has 4 aromatic rings. The van der Waals surface area contributed by atoms with Gasteiger partial charge in [-0.05, 0) is 85.4 Å². The van der Waals surface area contributed by atoms with Crippen LogP contribution in [0, 0.1) is 12.7 Å². The molecule has 1 aliphatic rings. The third-order valence-electron chi connectivity index (χ3n) is 6.05. The zero-order chi connectivity index (χ0) is 24.7. The first-order chi connectivity index (χ1) is 16.7. The Hall–Kier alpha value is -3.72. The predicted octanol–water partition coefficient (Wildman–Crippen LogP) is 6.52. The fraction of sp³-hybridized carbons (Fsp3) is 0.154. The molecular weight excluding hydrogens is 476 g/mol. The number of hydrogen-bond donors (Lipinski definition) is 1. The van der Waals surface area contributed by atoms with E-state index < -0.39 is 23.8 Å². The van der Waals surface area contributed by atoms with Gasteiger partial charge >= 0.3 is 6.18 Å². The van der Waals surface area contributed by atoms with Crippen LogP contribution in [0.15, 0.2) is 85.2 Å². The van der Waals surface area contributed by atoms with Crippen LogP contribution < -0.4 is 10.2 Å². The second-order valence-electron chi connectivity index (χ2n) is 8.28. The number of pyridine rings is 1. The maximum atomic E-state index is 14.0. The minimum absolute atomic E-state index is 0.336. The van der Waals surface area contributed by atoms with Crippen LogP contribution in [0.1, 0.15) is 34.6 Å². The Morgan fingerprint density at radius 3 is 2.49 bits per heavy atom. The van der Waals surface area contributed by atoms with Gasteiger partial charge < -0.3 is 14.8 Å². The van der Waals surface area contributed by atoms with Crippen LogP contribution in [-0.4, -0.2) is 14.7 Å². The number of thiocarbonyl (C=S) groups is 1. The first-order valence-electron chi connectivity index (χ1n) is 10.9. The smallest absolute Gasteiger partial charge is 0.351 e. The zero-order valence-electron chi connectivity index (χ0n) is 18.5. The second kappa shape index (κ2) is 8.81. The van der Waals surface area contributed by atoms with Crippen molar-refractivity contribution >= 4 is 23.0 Å². The average molecular weight is 497 g/mol. The maximum Gasteiger partial charge on any atom is 0.416 e. The van der Waals surface area contributed by atoms with Crippen molar-refractivity contribution in [2.24, 2.45) is 0 Å². The first-order valence-corrected chi connectivity index (χ1v) is 11.3. The van der Waals surface area contributed by atoms with E-state index in [0.717, 1.165) is 17.8 Å². The van der Waals surface area contributed by atoms with E-state index >= 15 is 0 Å². The molecule has 1 fully saturated rings. The largest absolute Gasteiger partial charge is 0.416 e.